The number of aryl methyl sites for hydroxylation is 1. The predicted molar refractivity (Wildman–Crippen MR) is 88.6 cm³/mol. The molecule has 2 aromatic rings. The molecule has 0 bridgehead atoms. The van der Waals surface area contributed by atoms with E-state index in [1.54, 1.807) is 7.11 Å². The molecule has 0 saturated carbocycles. The summed E-state index contributed by atoms with van der Waals surface area (Å²) >= 11 is 0. The van der Waals surface area contributed by atoms with Crippen molar-refractivity contribution in [1.29, 1.82) is 0 Å². The van der Waals surface area contributed by atoms with E-state index in [2.05, 4.69) is 15.5 Å². The lowest BCUT2D eigenvalue weighted by atomic mass is 10.1. The van der Waals surface area contributed by atoms with E-state index in [9.17, 15) is 4.79 Å². The lowest BCUT2D eigenvalue weighted by Crippen LogP contribution is -2.29. The van der Waals surface area contributed by atoms with E-state index in [0.29, 0.717) is 0 Å². The molecule has 2 rings (SSSR count). The Morgan fingerprint density at radius 2 is 2.05 bits per heavy atom. The summed E-state index contributed by atoms with van der Waals surface area (Å²) in [4.78, 5) is 15.0. The Labute approximate surface area is 129 Å². The Kier molecular flexibility index (Phi) is 6.25. The molecule has 0 saturated heterocycles. The molecule has 0 aliphatic rings. The third-order valence-electron chi connectivity index (χ3n) is 2.97. The van der Waals surface area contributed by atoms with E-state index in [-0.39, 0.29) is 18.3 Å². The molecule has 0 unspecified atom stereocenters. The Hall–Kier alpha value is -2.70. The first-order valence-corrected chi connectivity index (χ1v) is 7.04. The second-order valence-electron chi connectivity index (χ2n) is 4.39. The summed E-state index contributed by atoms with van der Waals surface area (Å²) < 4.78 is 5.20. The lowest BCUT2D eigenvalue weighted by molar-refractivity contribution is -0.120. The Bertz CT molecular complexity index is 672. The maximum atomic E-state index is 11.8. The van der Waals surface area contributed by atoms with E-state index in [1.807, 2.05) is 39.0 Å². The number of nitrogens with one attached hydrogen (secondary N) is 2. The number of nitrogens with zero attached hydrogens (tertiary/aromatic N) is 1. The molecule has 120 valence electrons. The van der Waals surface area contributed by atoms with Gasteiger partial charge in [-0.3, -0.25) is 4.79 Å². The zero-order chi connectivity index (χ0) is 16.7. The number of rotatable bonds is 4. The average molecular weight is 305 g/mol. The van der Waals surface area contributed by atoms with E-state index in [1.165, 1.54) is 0 Å². The van der Waals surface area contributed by atoms with Crippen molar-refractivity contribution in [3.8, 4) is 5.75 Å². The Balaban J connectivity index is 0.00000116. The van der Waals surface area contributed by atoms with E-state index in [0.717, 1.165) is 27.9 Å². The SMILES string of the molecule is CC.COc1ccc2[nH]c(C)c(CC(=O)NN=C(N)N)c2c1. The van der Waals surface area contributed by atoms with Crippen LogP contribution in [0, 0.1) is 6.92 Å². The second kappa shape index (κ2) is 7.92. The van der Waals surface area contributed by atoms with E-state index < -0.39 is 0 Å². The molecule has 0 radical (unpaired) electrons. The van der Waals surface area contributed by atoms with Gasteiger partial charge in [-0.1, -0.05) is 13.8 Å². The van der Waals surface area contributed by atoms with E-state index in [4.69, 9.17) is 16.2 Å². The number of carbonyl (C=O) groups is 1. The number of guanidine groups is 1. The standard InChI is InChI=1S/C13H17N5O2.C2H6/c1-7-9(6-12(19)17-18-13(14)15)10-5-8(20-2)3-4-11(10)16-7;1-2/h3-5,16H,6H2,1-2H3,(H,17,19)(H4,14,15,18);1-2H3. The van der Waals surface area contributed by atoms with Gasteiger partial charge in [0.1, 0.15) is 5.75 Å². The average Bonchev–Trinajstić information content (AvgIpc) is 2.82. The van der Waals surface area contributed by atoms with Crippen LogP contribution in [0.3, 0.4) is 0 Å². The van der Waals surface area contributed by atoms with Gasteiger partial charge >= 0.3 is 0 Å². The number of ether oxygens (including phenoxy) is 1. The first kappa shape index (κ1) is 17.4. The van der Waals surface area contributed by atoms with Gasteiger partial charge in [0.25, 0.3) is 0 Å². The van der Waals surface area contributed by atoms with Crippen molar-refractivity contribution < 1.29 is 9.53 Å². The fourth-order valence-electron chi connectivity index (χ4n) is 2.04. The van der Waals surface area contributed by atoms with Crippen LogP contribution in [0.4, 0.5) is 0 Å². The van der Waals surface area contributed by atoms with Crippen LogP contribution in [0.1, 0.15) is 25.1 Å². The van der Waals surface area contributed by atoms with Crippen LogP contribution in [0.25, 0.3) is 10.9 Å². The van der Waals surface area contributed by atoms with Crippen molar-refractivity contribution in [3.63, 3.8) is 0 Å². The predicted octanol–water partition coefficient (Wildman–Crippen LogP) is 1.36. The molecule has 0 aliphatic heterocycles. The monoisotopic (exact) mass is 305 g/mol. The zero-order valence-corrected chi connectivity index (χ0v) is 13.4. The number of amides is 1. The van der Waals surface area contributed by atoms with Crippen LogP contribution in [-0.4, -0.2) is 24.0 Å². The van der Waals surface area contributed by atoms with Crippen LogP contribution >= 0.6 is 0 Å². The fourth-order valence-corrected chi connectivity index (χ4v) is 2.04. The molecule has 1 amide bonds. The molecule has 7 nitrogen and oxygen atoms in total. The number of hydrogen-bond acceptors (Lipinski definition) is 3. The highest BCUT2D eigenvalue weighted by Gasteiger charge is 2.13. The number of H-pyrrole nitrogens is 1. The molecule has 22 heavy (non-hydrogen) atoms. The van der Waals surface area contributed by atoms with Crippen molar-refractivity contribution >= 4 is 22.8 Å². The smallest absolute Gasteiger partial charge is 0.244 e. The van der Waals surface area contributed by atoms with E-state index >= 15 is 0 Å². The van der Waals surface area contributed by atoms with Crippen molar-refractivity contribution in [2.24, 2.45) is 16.6 Å². The molecule has 6 N–H and O–H groups in total. The molecule has 0 atom stereocenters. The molecule has 7 heteroatoms. The van der Waals surface area contributed by atoms with Gasteiger partial charge in [-0.15, -0.1) is 5.10 Å². The van der Waals surface area contributed by atoms with Gasteiger partial charge < -0.3 is 21.2 Å². The highest BCUT2D eigenvalue weighted by atomic mass is 16.5. The van der Waals surface area contributed by atoms with Crippen LogP contribution in [-0.2, 0) is 11.2 Å². The van der Waals surface area contributed by atoms with Crippen molar-refractivity contribution in [2.75, 3.05) is 7.11 Å². The van der Waals surface area contributed by atoms with Crippen LogP contribution in [0.2, 0.25) is 0 Å². The van der Waals surface area contributed by atoms with Crippen molar-refractivity contribution in [3.05, 3.63) is 29.5 Å². The van der Waals surface area contributed by atoms with Gasteiger partial charge in [0, 0.05) is 16.6 Å². The number of hydrogen-bond donors (Lipinski definition) is 4. The number of aromatic amines is 1. The number of methoxy groups -OCH3 is 1. The molecular formula is C15H23N5O2. The number of carbonyl (C=O) groups excluding carboxylic acids is 1. The molecular weight excluding hydrogens is 282 g/mol. The van der Waals surface area contributed by atoms with Crippen LogP contribution in [0.5, 0.6) is 5.75 Å². The summed E-state index contributed by atoms with van der Waals surface area (Å²) in [6.45, 7) is 5.91. The minimum atomic E-state index is -0.287. The summed E-state index contributed by atoms with van der Waals surface area (Å²) in [6.07, 6.45) is 0.176. The Morgan fingerprint density at radius 3 is 2.64 bits per heavy atom. The Morgan fingerprint density at radius 1 is 1.36 bits per heavy atom. The maximum Gasteiger partial charge on any atom is 0.244 e. The quantitative estimate of drug-likeness (QED) is 0.387. The normalized spacial score (nSPS) is 9.64. The lowest BCUT2D eigenvalue weighted by Gasteiger charge is -2.03. The maximum absolute atomic E-state index is 11.8. The number of fused-ring (bicyclic) bond motifs is 1. The molecule has 1 heterocycles. The zero-order valence-electron chi connectivity index (χ0n) is 13.4. The number of hydrazone groups is 1. The van der Waals surface area contributed by atoms with Crippen LogP contribution < -0.4 is 21.6 Å². The minimum absolute atomic E-state index is 0.176. The highest BCUT2D eigenvalue weighted by Crippen LogP contribution is 2.26. The number of aromatic nitrogens is 1. The molecule has 0 aliphatic carbocycles. The molecule has 1 aromatic heterocycles. The molecule has 0 spiro atoms. The van der Waals surface area contributed by atoms with Gasteiger partial charge in [0.15, 0.2) is 0 Å². The first-order chi connectivity index (χ1) is 10.5. The van der Waals surface area contributed by atoms with Crippen LogP contribution in [0.15, 0.2) is 23.3 Å². The summed E-state index contributed by atoms with van der Waals surface area (Å²) in [5.74, 6) is 0.267. The largest absolute Gasteiger partial charge is 0.497 e. The van der Waals surface area contributed by atoms with Gasteiger partial charge in [-0.25, -0.2) is 5.43 Å². The van der Waals surface area contributed by atoms with Gasteiger partial charge in [0.2, 0.25) is 11.9 Å². The van der Waals surface area contributed by atoms with Gasteiger partial charge in [-0.05, 0) is 30.7 Å². The summed E-state index contributed by atoms with van der Waals surface area (Å²) in [6, 6.07) is 5.67. The fraction of sp³-hybridized carbons (Fsp3) is 0.333. The van der Waals surface area contributed by atoms with Crippen molar-refractivity contribution in [1.82, 2.24) is 10.4 Å². The first-order valence-electron chi connectivity index (χ1n) is 7.04. The third kappa shape index (κ3) is 4.15. The topological polar surface area (TPSA) is 119 Å². The van der Waals surface area contributed by atoms with Gasteiger partial charge in [-0.2, -0.15) is 0 Å². The third-order valence-corrected chi connectivity index (χ3v) is 2.97. The summed E-state index contributed by atoms with van der Waals surface area (Å²) in [5, 5.41) is 4.43. The highest BCUT2D eigenvalue weighted by molar-refractivity contribution is 5.91. The number of nitrogens with two attached hydrogens (primary N) is 2. The van der Waals surface area contributed by atoms with Crippen molar-refractivity contribution in [2.45, 2.75) is 27.2 Å². The summed E-state index contributed by atoms with van der Waals surface area (Å²) in [7, 11) is 1.60. The molecule has 1 aromatic carbocycles. The number of benzene rings is 1. The van der Waals surface area contributed by atoms with Gasteiger partial charge in [0.05, 0.1) is 13.5 Å². The summed E-state index contributed by atoms with van der Waals surface area (Å²) in [5.41, 5.74) is 15.4. The minimum Gasteiger partial charge on any atom is -0.497 e. The molecule has 0 fully saturated rings. The second-order valence-corrected chi connectivity index (χ2v) is 4.39.